The molecule has 2 aromatic rings. The summed E-state index contributed by atoms with van der Waals surface area (Å²) in [6, 6.07) is 12.2. The SMILES string of the molecule is CCCCc1ccc(C(=O)N(CCCOC)Cc2cccn2C)cc1. The third kappa shape index (κ3) is 5.75. The summed E-state index contributed by atoms with van der Waals surface area (Å²) in [6.07, 6.45) is 6.29. The standard InChI is InChI=1S/C21H30N2O2/c1-4-5-8-18-10-12-19(13-11-18)21(24)23(15-7-16-25-3)17-20-9-6-14-22(20)2/h6,9-14H,4-5,7-8,15-17H2,1-3H3. The largest absolute Gasteiger partial charge is 0.385 e. The van der Waals surface area contributed by atoms with E-state index in [1.807, 2.05) is 36.3 Å². The normalized spacial score (nSPS) is 10.8. The molecule has 25 heavy (non-hydrogen) atoms. The van der Waals surface area contributed by atoms with Crippen LogP contribution >= 0.6 is 0 Å². The van der Waals surface area contributed by atoms with Gasteiger partial charge in [-0.1, -0.05) is 25.5 Å². The van der Waals surface area contributed by atoms with Gasteiger partial charge in [0.05, 0.1) is 6.54 Å². The first-order valence-electron chi connectivity index (χ1n) is 9.13. The molecule has 0 fully saturated rings. The van der Waals surface area contributed by atoms with Crippen LogP contribution in [-0.2, 0) is 24.8 Å². The van der Waals surface area contributed by atoms with Crippen molar-refractivity contribution in [1.29, 1.82) is 0 Å². The van der Waals surface area contributed by atoms with Gasteiger partial charge in [0.2, 0.25) is 0 Å². The maximum absolute atomic E-state index is 13.0. The number of methoxy groups -OCH3 is 1. The molecular formula is C21H30N2O2. The maximum atomic E-state index is 13.0. The second-order valence-corrected chi connectivity index (χ2v) is 6.48. The lowest BCUT2D eigenvalue weighted by atomic mass is 10.1. The first kappa shape index (κ1) is 19.3. The molecule has 0 spiro atoms. The Morgan fingerprint density at radius 2 is 1.92 bits per heavy atom. The number of carbonyl (C=O) groups is 1. The van der Waals surface area contributed by atoms with E-state index in [0.29, 0.717) is 19.7 Å². The van der Waals surface area contributed by atoms with Crippen LogP contribution in [0, 0.1) is 0 Å². The number of ether oxygens (including phenoxy) is 1. The molecule has 0 radical (unpaired) electrons. The molecule has 0 aliphatic heterocycles. The number of benzene rings is 1. The quantitative estimate of drug-likeness (QED) is 0.611. The van der Waals surface area contributed by atoms with E-state index in [0.717, 1.165) is 24.1 Å². The Hall–Kier alpha value is -2.07. The van der Waals surface area contributed by atoms with Gasteiger partial charge in [0.1, 0.15) is 0 Å². The van der Waals surface area contributed by atoms with Crippen LogP contribution in [-0.4, -0.2) is 35.6 Å². The molecule has 0 aliphatic rings. The van der Waals surface area contributed by atoms with Gasteiger partial charge in [-0.05, 0) is 49.1 Å². The second kappa shape index (κ2) is 10.0. The molecule has 0 saturated carbocycles. The van der Waals surface area contributed by atoms with Gasteiger partial charge < -0.3 is 14.2 Å². The van der Waals surface area contributed by atoms with Crippen LogP contribution in [0.1, 0.15) is 47.8 Å². The molecule has 1 aromatic heterocycles. The van der Waals surface area contributed by atoms with Crippen LogP contribution in [0.3, 0.4) is 0 Å². The van der Waals surface area contributed by atoms with E-state index in [2.05, 4.69) is 29.7 Å². The zero-order valence-electron chi connectivity index (χ0n) is 15.7. The molecule has 2 rings (SSSR count). The van der Waals surface area contributed by atoms with E-state index >= 15 is 0 Å². The van der Waals surface area contributed by atoms with Crippen molar-refractivity contribution in [1.82, 2.24) is 9.47 Å². The molecule has 1 amide bonds. The minimum atomic E-state index is 0.0827. The zero-order chi connectivity index (χ0) is 18.1. The molecule has 0 bridgehead atoms. The van der Waals surface area contributed by atoms with Crippen LogP contribution in [0.4, 0.5) is 0 Å². The number of hydrogen-bond acceptors (Lipinski definition) is 2. The Kier molecular flexibility index (Phi) is 7.74. The Morgan fingerprint density at radius 1 is 1.16 bits per heavy atom. The average molecular weight is 342 g/mol. The molecule has 136 valence electrons. The monoisotopic (exact) mass is 342 g/mol. The molecule has 0 N–H and O–H groups in total. The van der Waals surface area contributed by atoms with Gasteiger partial charge >= 0.3 is 0 Å². The maximum Gasteiger partial charge on any atom is 0.254 e. The first-order chi connectivity index (χ1) is 12.2. The molecule has 4 nitrogen and oxygen atoms in total. The highest BCUT2D eigenvalue weighted by Crippen LogP contribution is 2.13. The lowest BCUT2D eigenvalue weighted by molar-refractivity contribution is 0.0720. The number of aryl methyl sites for hydroxylation is 2. The summed E-state index contributed by atoms with van der Waals surface area (Å²) >= 11 is 0. The van der Waals surface area contributed by atoms with Crippen molar-refractivity contribution in [3.05, 3.63) is 59.4 Å². The Labute approximate surface area is 151 Å². The average Bonchev–Trinajstić information content (AvgIpc) is 3.04. The van der Waals surface area contributed by atoms with E-state index < -0.39 is 0 Å². The third-order valence-electron chi connectivity index (χ3n) is 4.49. The summed E-state index contributed by atoms with van der Waals surface area (Å²) in [7, 11) is 3.70. The van der Waals surface area contributed by atoms with Crippen molar-refractivity contribution in [2.75, 3.05) is 20.3 Å². The molecule has 0 aliphatic carbocycles. The van der Waals surface area contributed by atoms with E-state index in [-0.39, 0.29) is 5.91 Å². The fourth-order valence-corrected chi connectivity index (χ4v) is 2.89. The van der Waals surface area contributed by atoms with E-state index in [4.69, 9.17) is 4.74 Å². The van der Waals surface area contributed by atoms with E-state index in [9.17, 15) is 4.79 Å². The minimum Gasteiger partial charge on any atom is -0.385 e. The van der Waals surface area contributed by atoms with Gasteiger partial charge in [0, 0.05) is 44.8 Å². The van der Waals surface area contributed by atoms with Gasteiger partial charge in [-0.3, -0.25) is 4.79 Å². The number of nitrogens with zero attached hydrogens (tertiary/aromatic N) is 2. The van der Waals surface area contributed by atoms with Gasteiger partial charge in [0.15, 0.2) is 0 Å². The highest BCUT2D eigenvalue weighted by Gasteiger charge is 2.17. The lowest BCUT2D eigenvalue weighted by Gasteiger charge is -2.23. The summed E-state index contributed by atoms with van der Waals surface area (Å²) in [5.74, 6) is 0.0827. The summed E-state index contributed by atoms with van der Waals surface area (Å²) < 4.78 is 7.21. The first-order valence-corrected chi connectivity index (χ1v) is 9.13. The molecule has 1 heterocycles. The zero-order valence-corrected chi connectivity index (χ0v) is 15.7. The van der Waals surface area contributed by atoms with Crippen molar-refractivity contribution in [3.63, 3.8) is 0 Å². The number of amides is 1. The highest BCUT2D eigenvalue weighted by molar-refractivity contribution is 5.94. The van der Waals surface area contributed by atoms with Crippen LogP contribution < -0.4 is 0 Å². The van der Waals surface area contributed by atoms with Gasteiger partial charge in [-0.15, -0.1) is 0 Å². The summed E-state index contributed by atoms with van der Waals surface area (Å²) in [5, 5.41) is 0. The van der Waals surface area contributed by atoms with Crippen LogP contribution in [0.5, 0.6) is 0 Å². The Balaban J connectivity index is 2.09. The Morgan fingerprint density at radius 3 is 2.52 bits per heavy atom. The predicted molar refractivity (Wildman–Crippen MR) is 102 cm³/mol. The van der Waals surface area contributed by atoms with E-state index in [1.165, 1.54) is 18.4 Å². The molecule has 1 aromatic carbocycles. The minimum absolute atomic E-state index is 0.0827. The highest BCUT2D eigenvalue weighted by atomic mass is 16.5. The van der Waals surface area contributed by atoms with Crippen molar-refractivity contribution in [2.45, 2.75) is 39.2 Å². The molecule has 0 unspecified atom stereocenters. The second-order valence-electron chi connectivity index (χ2n) is 6.48. The molecular weight excluding hydrogens is 312 g/mol. The van der Waals surface area contributed by atoms with E-state index in [1.54, 1.807) is 7.11 Å². The fraction of sp³-hybridized carbons (Fsp3) is 0.476. The smallest absolute Gasteiger partial charge is 0.254 e. The summed E-state index contributed by atoms with van der Waals surface area (Å²) in [5.41, 5.74) is 3.18. The van der Waals surface area contributed by atoms with Gasteiger partial charge in [0.25, 0.3) is 5.91 Å². The number of aromatic nitrogens is 1. The van der Waals surface area contributed by atoms with Crippen LogP contribution in [0.2, 0.25) is 0 Å². The van der Waals surface area contributed by atoms with Crippen molar-refractivity contribution in [2.24, 2.45) is 7.05 Å². The lowest BCUT2D eigenvalue weighted by Crippen LogP contribution is -2.32. The van der Waals surface area contributed by atoms with Crippen LogP contribution in [0.25, 0.3) is 0 Å². The summed E-state index contributed by atoms with van der Waals surface area (Å²) in [4.78, 5) is 14.9. The predicted octanol–water partition coefficient (Wildman–Crippen LogP) is 4.05. The number of hydrogen-bond donors (Lipinski definition) is 0. The summed E-state index contributed by atoms with van der Waals surface area (Å²) in [6.45, 7) is 4.16. The number of carbonyl (C=O) groups excluding carboxylic acids is 1. The van der Waals surface area contributed by atoms with Crippen molar-refractivity contribution < 1.29 is 9.53 Å². The number of unbranched alkanes of at least 4 members (excludes halogenated alkanes) is 1. The molecule has 0 saturated heterocycles. The van der Waals surface area contributed by atoms with Crippen molar-refractivity contribution in [3.8, 4) is 0 Å². The van der Waals surface area contributed by atoms with Crippen molar-refractivity contribution >= 4 is 5.91 Å². The van der Waals surface area contributed by atoms with Crippen LogP contribution in [0.15, 0.2) is 42.6 Å². The topological polar surface area (TPSA) is 34.5 Å². The Bertz CT molecular complexity index is 646. The van der Waals surface area contributed by atoms with Gasteiger partial charge in [-0.2, -0.15) is 0 Å². The molecule has 0 atom stereocenters. The third-order valence-corrected chi connectivity index (χ3v) is 4.49. The molecule has 4 heteroatoms. The number of rotatable bonds is 10. The fourth-order valence-electron chi connectivity index (χ4n) is 2.89. The van der Waals surface area contributed by atoms with Gasteiger partial charge in [-0.25, -0.2) is 0 Å².